The van der Waals surface area contributed by atoms with E-state index < -0.39 is 10.0 Å². The van der Waals surface area contributed by atoms with Gasteiger partial charge in [0.2, 0.25) is 0 Å². The molecule has 8 heteroatoms. The van der Waals surface area contributed by atoms with Crippen LogP contribution in [0, 0.1) is 0 Å². The van der Waals surface area contributed by atoms with Gasteiger partial charge in [0.25, 0.3) is 15.9 Å². The van der Waals surface area contributed by atoms with E-state index >= 15 is 0 Å². The topological polar surface area (TPSA) is 93.7 Å². The molecule has 1 amide bonds. The fourth-order valence-corrected chi connectivity index (χ4v) is 3.69. The summed E-state index contributed by atoms with van der Waals surface area (Å²) in [5.74, 6) is 1.15. The summed E-state index contributed by atoms with van der Waals surface area (Å²) in [5, 5.41) is 2.76. The standard InChI is InChI=1S/C22H22N2O5S/c1-28-19-11-13-20(14-12-19)29-16-15-23-22(25)17-7-9-18(10-8-17)24-30(26,27)21-5-3-2-4-6-21/h2-14,24H,15-16H2,1H3,(H,23,25). The molecule has 7 nitrogen and oxygen atoms in total. The second-order valence-electron chi connectivity index (χ2n) is 6.28. The van der Waals surface area contributed by atoms with Gasteiger partial charge in [0.1, 0.15) is 18.1 Å². The van der Waals surface area contributed by atoms with Gasteiger partial charge in [0, 0.05) is 11.3 Å². The quantitative estimate of drug-likeness (QED) is 0.512. The molecule has 156 valence electrons. The third-order valence-electron chi connectivity index (χ3n) is 4.17. The van der Waals surface area contributed by atoms with Crippen molar-refractivity contribution in [2.24, 2.45) is 0 Å². The number of rotatable bonds is 9. The predicted molar refractivity (Wildman–Crippen MR) is 115 cm³/mol. The van der Waals surface area contributed by atoms with Crippen LogP contribution in [0.2, 0.25) is 0 Å². The molecule has 0 bridgehead atoms. The van der Waals surface area contributed by atoms with E-state index in [1.807, 2.05) is 0 Å². The van der Waals surface area contributed by atoms with Gasteiger partial charge in [-0.3, -0.25) is 9.52 Å². The molecule has 0 heterocycles. The van der Waals surface area contributed by atoms with Crippen LogP contribution in [-0.4, -0.2) is 34.6 Å². The number of hydrogen-bond donors (Lipinski definition) is 2. The number of benzene rings is 3. The molecule has 0 unspecified atom stereocenters. The van der Waals surface area contributed by atoms with E-state index in [0.29, 0.717) is 30.2 Å². The van der Waals surface area contributed by atoms with E-state index in [0.717, 1.165) is 5.75 Å². The van der Waals surface area contributed by atoms with Crippen molar-refractivity contribution in [3.8, 4) is 11.5 Å². The lowest BCUT2D eigenvalue weighted by Gasteiger charge is -2.10. The molecule has 30 heavy (non-hydrogen) atoms. The first kappa shape index (κ1) is 21.2. The summed E-state index contributed by atoms with van der Waals surface area (Å²) in [6.45, 7) is 0.639. The fourth-order valence-electron chi connectivity index (χ4n) is 2.61. The van der Waals surface area contributed by atoms with Crippen LogP contribution in [0.25, 0.3) is 0 Å². The summed E-state index contributed by atoms with van der Waals surface area (Å²) < 4.78 is 37.8. The Morgan fingerprint density at radius 1 is 0.867 bits per heavy atom. The van der Waals surface area contributed by atoms with Gasteiger partial charge in [0.15, 0.2) is 0 Å². The van der Waals surface area contributed by atoms with Gasteiger partial charge < -0.3 is 14.8 Å². The molecule has 0 aromatic heterocycles. The maximum Gasteiger partial charge on any atom is 0.261 e. The van der Waals surface area contributed by atoms with Crippen LogP contribution in [0.5, 0.6) is 11.5 Å². The van der Waals surface area contributed by atoms with Gasteiger partial charge in [0.05, 0.1) is 18.6 Å². The number of amides is 1. The molecule has 3 aromatic carbocycles. The minimum atomic E-state index is -3.67. The van der Waals surface area contributed by atoms with Gasteiger partial charge in [-0.05, 0) is 60.7 Å². The SMILES string of the molecule is COc1ccc(OCCNC(=O)c2ccc(NS(=O)(=O)c3ccccc3)cc2)cc1. The lowest BCUT2D eigenvalue weighted by Crippen LogP contribution is -2.28. The van der Waals surface area contributed by atoms with Crippen LogP contribution >= 0.6 is 0 Å². The second kappa shape index (κ2) is 9.80. The fraction of sp³-hybridized carbons (Fsp3) is 0.136. The molecule has 3 rings (SSSR count). The van der Waals surface area contributed by atoms with Crippen LogP contribution in [0.3, 0.4) is 0 Å². The van der Waals surface area contributed by atoms with E-state index in [1.54, 1.807) is 73.8 Å². The van der Waals surface area contributed by atoms with Crippen molar-refractivity contribution >= 4 is 21.6 Å². The molecule has 0 saturated heterocycles. The van der Waals surface area contributed by atoms with Crippen molar-refractivity contribution in [3.63, 3.8) is 0 Å². The van der Waals surface area contributed by atoms with Crippen molar-refractivity contribution in [1.29, 1.82) is 0 Å². The highest BCUT2D eigenvalue weighted by Gasteiger charge is 2.13. The zero-order valence-electron chi connectivity index (χ0n) is 16.4. The van der Waals surface area contributed by atoms with Crippen molar-refractivity contribution in [1.82, 2.24) is 5.32 Å². The maximum absolute atomic E-state index is 12.3. The average molecular weight is 426 g/mol. The molecule has 0 aliphatic rings. The molecule has 3 aromatic rings. The highest BCUT2D eigenvalue weighted by molar-refractivity contribution is 7.92. The molecule has 0 spiro atoms. The molecule has 0 fully saturated rings. The summed E-state index contributed by atoms with van der Waals surface area (Å²) in [7, 11) is -2.08. The van der Waals surface area contributed by atoms with Gasteiger partial charge in [-0.15, -0.1) is 0 Å². The van der Waals surface area contributed by atoms with Crippen molar-refractivity contribution in [2.75, 3.05) is 25.0 Å². The van der Waals surface area contributed by atoms with Gasteiger partial charge in [-0.1, -0.05) is 18.2 Å². The van der Waals surface area contributed by atoms with Crippen molar-refractivity contribution < 1.29 is 22.7 Å². The number of carbonyl (C=O) groups excluding carboxylic acids is 1. The summed E-state index contributed by atoms with van der Waals surface area (Å²) in [5.41, 5.74) is 0.792. The largest absolute Gasteiger partial charge is 0.497 e. The molecule has 0 atom stereocenters. The van der Waals surface area contributed by atoms with E-state index in [1.165, 1.54) is 12.1 Å². The zero-order valence-corrected chi connectivity index (χ0v) is 17.2. The minimum Gasteiger partial charge on any atom is -0.497 e. The summed E-state index contributed by atoms with van der Waals surface area (Å²) in [6.07, 6.45) is 0. The Bertz CT molecular complexity index is 1070. The number of methoxy groups -OCH3 is 1. The lowest BCUT2D eigenvalue weighted by molar-refractivity contribution is 0.0947. The maximum atomic E-state index is 12.3. The Morgan fingerprint density at radius 2 is 1.50 bits per heavy atom. The summed E-state index contributed by atoms with van der Waals surface area (Å²) in [6, 6.07) is 21.4. The first-order valence-electron chi connectivity index (χ1n) is 9.21. The molecule has 2 N–H and O–H groups in total. The first-order valence-corrected chi connectivity index (χ1v) is 10.7. The van der Waals surface area contributed by atoms with Gasteiger partial charge >= 0.3 is 0 Å². The van der Waals surface area contributed by atoms with Crippen LogP contribution in [0.15, 0.2) is 83.8 Å². The van der Waals surface area contributed by atoms with Crippen molar-refractivity contribution in [3.05, 3.63) is 84.4 Å². The highest BCUT2D eigenvalue weighted by atomic mass is 32.2. The number of ether oxygens (including phenoxy) is 2. The number of anilines is 1. The number of sulfonamides is 1. The summed E-state index contributed by atoms with van der Waals surface area (Å²) >= 11 is 0. The van der Waals surface area contributed by atoms with Crippen molar-refractivity contribution in [2.45, 2.75) is 4.90 Å². The minimum absolute atomic E-state index is 0.170. The first-order chi connectivity index (χ1) is 14.5. The normalized spacial score (nSPS) is 10.8. The monoisotopic (exact) mass is 426 g/mol. The average Bonchev–Trinajstić information content (AvgIpc) is 2.78. The van der Waals surface area contributed by atoms with Crippen LogP contribution in [0.1, 0.15) is 10.4 Å². The Balaban J connectivity index is 1.48. The van der Waals surface area contributed by atoms with E-state index in [9.17, 15) is 13.2 Å². The summed E-state index contributed by atoms with van der Waals surface area (Å²) in [4.78, 5) is 12.4. The molecule has 0 saturated carbocycles. The Labute approximate surface area is 175 Å². The molecular formula is C22H22N2O5S. The number of nitrogens with one attached hydrogen (secondary N) is 2. The van der Waals surface area contributed by atoms with Crippen LogP contribution < -0.4 is 19.5 Å². The van der Waals surface area contributed by atoms with E-state index in [2.05, 4.69) is 10.0 Å². The highest BCUT2D eigenvalue weighted by Crippen LogP contribution is 2.17. The zero-order chi connectivity index (χ0) is 21.4. The van der Waals surface area contributed by atoms with Gasteiger partial charge in [-0.2, -0.15) is 0 Å². The predicted octanol–water partition coefficient (Wildman–Crippen LogP) is 3.30. The molecular weight excluding hydrogens is 404 g/mol. The molecule has 0 aliphatic carbocycles. The second-order valence-corrected chi connectivity index (χ2v) is 7.96. The Hall–Kier alpha value is -3.52. The van der Waals surface area contributed by atoms with E-state index in [-0.39, 0.29) is 10.8 Å². The smallest absolute Gasteiger partial charge is 0.261 e. The van der Waals surface area contributed by atoms with Gasteiger partial charge in [-0.25, -0.2) is 8.42 Å². The van der Waals surface area contributed by atoms with Crippen LogP contribution in [0.4, 0.5) is 5.69 Å². The number of hydrogen-bond acceptors (Lipinski definition) is 5. The Kier molecular flexibility index (Phi) is 6.92. The molecule has 0 radical (unpaired) electrons. The lowest BCUT2D eigenvalue weighted by atomic mass is 10.2. The molecule has 0 aliphatic heterocycles. The number of carbonyl (C=O) groups is 1. The van der Waals surface area contributed by atoms with E-state index in [4.69, 9.17) is 9.47 Å². The van der Waals surface area contributed by atoms with Crippen LogP contribution in [-0.2, 0) is 10.0 Å². The third-order valence-corrected chi connectivity index (χ3v) is 5.57. The third kappa shape index (κ3) is 5.74. The Morgan fingerprint density at radius 3 is 2.13 bits per heavy atom.